The molecule has 2 unspecified atom stereocenters. The first-order valence-electron chi connectivity index (χ1n) is 42.6. The van der Waals surface area contributed by atoms with Gasteiger partial charge in [0.1, 0.15) is 19.3 Å². The molecule has 0 aliphatic rings. The van der Waals surface area contributed by atoms with Crippen molar-refractivity contribution in [2.45, 2.75) is 457 Å². The SMILES string of the molecule is CCCCCCCCCCCCCCCCCCCCCC(=O)OC[C@H](COP(=O)(O)OC[C@@H](O)COP(=O)(O)OC[C@@H](COC(=O)CCCCCCC)OC(=O)CCCCCCCCCCCCCCCCCC)OC(=O)CCCCCCCCCCCCCCCCCCCCC(C)C. The Morgan fingerprint density at radius 3 is 0.673 bits per heavy atom. The van der Waals surface area contributed by atoms with Crippen molar-refractivity contribution in [1.29, 1.82) is 0 Å². The molecule has 600 valence electrons. The van der Waals surface area contributed by atoms with Gasteiger partial charge in [-0.15, -0.1) is 0 Å². The van der Waals surface area contributed by atoms with Crippen LogP contribution in [0.3, 0.4) is 0 Å². The van der Waals surface area contributed by atoms with Crippen LogP contribution in [0.2, 0.25) is 0 Å². The van der Waals surface area contributed by atoms with Crippen molar-refractivity contribution in [2.75, 3.05) is 39.6 Å². The van der Waals surface area contributed by atoms with Crippen molar-refractivity contribution >= 4 is 39.5 Å². The van der Waals surface area contributed by atoms with Crippen LogP contribution in [0.15, 0.2) is 0 Å². The van der Waals surface area contributed by atoms with Gasteiger partial charge in [-0.25, -0.2) is 9.13 Å². The minimum atomic E-state index is -4.96. The second-order valence-corrected chi connectivity index (χ2v) is 32.9. The summed E-state index contributed by atoms with van der Waals surface area (Å²) >= 11 is 0. The van der Waals surface area contributed by atoms with Crippen molar-refractivity contribution in [2.24, 2.45) is 5.92 Å². The molecule has 0 rings (SSSR count). The van der Waals surface area contributed by atoms with Crippen molar-refractivity contribution in [3.63, 3.8) is 0 Å². The van der Waals surface area contributed by atoms with Crippen LogP contribution in [-0.2, 0) is 65.4 Å². The van der Waals surface area contributed by atoms with Crippen molar-refractivity contribution in [3.05, 3.63) is 0 Å². The van der Waals surface area contributed by atoms with E-state index in [-0.39, 0.29) is 25.7 Å². The summed E-state index contributed by atoms with van der Waals surface area (Å²) in [5.41, 5.74) is 0. The summed E-state index contributed by atoms with van der Waals surface area (Å²) in [6, 6.07) is 0. The largest absolute Gasteiger partial charge is 0.472 e. The molecular formula is C82H160O17P2. The highest BCUT2D eigenvalue weighted by Crippen LogP contribution is 2.45. The molecule has 17 nitrogen and oxygen atoms in total. The molecule has 5 atom stereocenters. The lowest BCUT2D eigenvalue weighted by Gasteiger charge is -2.21. The fourth-order valence-electron chi connectivity index (χ4n) is 12.8. The lowest BCUT2D eigenvalue weighted by Crippen LogP contribution is -2.30. The van der Waals surface area contributed by atoms with Gasteiger partial charge in [-0.05, 0) is 31.6 Å². The van der Waals surface area contributed by atoms with Gasteiger partial charge in [0.2, 0.25) is 0 Å². The number of carbonyl (C=O) groups excluding carboxylic acids is 4. The van der Waals surface area contributed by atoms with E-state index in [1.54, 1.807) is 0 Å². The number of phosphoric ester groups is 2. The molecule has 0 aliphatic carbocycles. The Balaban J connectivity index is 5.11. The first-order valence-corrected chi connectivity index (χ1v) is 45.6. The third-order valence-electron chi connectivity index (χ3n) is 19.3. The molecule has 0 aromatic heterocycles. The minimum absolute atomic E-state index is 0.108. The molecule has 0 fully saturated rings. The first kappa shape index (κ1) is 99.1. The van der Waals surface area contributed by atoms with Gasteiger partial charge in [-0.2, -0.15) is 0 Å². The molecule has 101 heavy (non-hydrogen) atoms. The van der Waals surface area contributed by atoms with Crippen LogP contribution in [-0.4, -0.2) is 96.7 Å². The number of unbranched alkanes of at least 4 members (excludes halogenated alkanes) is 54. The number of hydrogen-bond acceptors (Lipinski definition) is 15. The van der Waals surface area contributed by atoms with Gasteiger partial charge in [0.25, 0.3) is 0 Å². The molecule has 0 saturated carbocycles. The van der Waals surface area contributed by atoms with Crippen LogP contribution in [0.5, 0.6) is 0 Å². The number of hydrogen-bond donors (Lipinski definition) is 3. The second kappa shape index (κ2) is 74.9. The zero-order valence-electron chi connectivity index (χ0n) is 66.1. The highest BCUT2D eigenvalue weighted by Gasteiger charge is 2.30. The van der Waals surface area contributed by atoms with Gasteiger partial charge in [0.05, 0.1) is 26.4 Å². The van der Waals surface area contributed by atoms with E-state index in [1.165, 1.54) is 257 Å². The van der Waals surface area contributed by atoms with E-state index < -0.39 is 97.5 Å². The van der Waals surface area contributed by atoms with Gasteiger partial charge in [-0.1, -0.05) is 388 Å². The molecule has 0 aliphatic heterocycles. The minimum Gasteiger partial charge on any atom is -0.462 e. The Kier molecular flexibility index (Phi) is 73.5. The summed E-state index contributed by atoms with van der Waals surface area (Å²) < 4.78 is 68.5. The average Bonchev–Trinajstić information content (AvgIpc) is 0.982. The molecule has 0 aromatic rings. The number of carbonyl (C=O) groups is 4. The van der Waals surface area contributed by atoms with E-state index >= 15 is 0 Å². The van der Waals surface area contributed by atoms with Crippen LogP contribution in [0.1, 0.15) is 439 Å². The number of rotatable bonds is 82. The molecule has 0 saturated heterocycles. The average molecular weight is 1480 g/mol. The van der Waals surface area contributed by atoms with E-state index in [1.807, 2.05) is 0 Å². The van der Waals surface area contributed by atoms with Crippen LogP contribution in [0.25, 0.3) is 0 Å². The summed E-state index contributed by atoms with van der Waals surface area (Å²) in [5, 5.41) is 10.6. The predicted octanol–water partition coefficient (Wildman–Crippen LogP) is 24.8. The molecule has 0 bridgehead atoms. The summed E-state index contributed by atoms with van der Waals surface area (Å²) in [6.45, 7) is 7.29. The van der Waals surface area contributed by atoms with Crippen LogP contribution in [0.4, 0.5) is 0 Å². The molecule has 3 N–H and O–H groups in total. The molecule has 19 heteroatoms. The van der Waals surface area contributed by atoms with Crippen molar-refractivity contribution < 1.29 is 80.2 Å². The zero-order chi connectivity index (χ0) is 74.1. The van der Waals surface area contributed by atoms with Crippen LogP contribution < -0.4 is 0 Å². The van der Waals surface area contributed by atoms with Gasteiger partial charge >= 0.3 is 39.5 Å². The number of aliphatic hydroxyl groups excluding tert-OH is 1. The van der Waals surface area contributed by atoms with E-state index in [0.29, 0.717) is 25.7 Å². The lowest BCUT2D eigenvalue weighted by molar-refractivity contribution is -0.161. The zero-order valence-corrected chi connectivity index (χ0v) is 67.8. The first-order chi connectivity index (χ1) is 49.0. The Labute approximate surface area is 619 Å². The smallest absolute Gasteiger partial charge is 0.462 e. The number of ether oxygens (including phenoxy) is 4. The number of aliphatic hydroxyl groups is 1. The second-order valence-electron chi connectivity index (χ2n) is 30.0. The third-order valence-corrected chi connectivity index (χ3v) is 21.2. The summed E-state index contributed by atoms with van der Waals surface area (Å²) in [5.74, 6) is -1.30. The maximum atomic E-state index is 13.1. The Bertz CT molecular complexity index is 1930. The monoisotopic (exact) mass is 1480 g/mol. The van der Waals surface area contributed by atoms with E-state index in [4.69, 9.17) is 37.0 Å². The highest BCUT2D eigenvalue weighted by atomic mass is 31.2. The van der Waals surface area contributed by atoms with E-state index in [9.17, 15) is 43.2 Å². The predicted molar refractivity (Wildman–Crippen MR) is 414 cm³/mol. The molecular weight excluding hydrogens is 1320 g/mol. The maximum absolute atomic E-state index is 13.1. The quantitative estimate of drug-likeness (QED) is 0.0222. The Morgan fingerprint density at radius 1 is 0.267 bits per heavy atom. The van der Waals surface area contributed by atoms with Crippen LogP contribution in [0, 0.1) is 5.92 Å². The van der Waals surface area contributed by atoms with E-state index in [0.717, 1.165) is 102 Å². The molecule has 0 heterocycles. The standard InChI is InChI=1S/C82H160O17P2/c1-6-9-12-15-17-19-21-23-25-27-28-32-36-39-43-47-51-56-61-66-80(85)93-72-78(99-82(87)68-63-58-53-49-45-41-37-33-30-29-31-34-38-42-46-50-55-59-64-75(4)5)74-97-101(90,91)95-70-76(83)69-94-100(88,89)96-73-77(71-92-79(84)65-60-54-14-11-8-3)98-81(86)67-62-57-52-48-44-40-35-26-24-22-20-18-16-13-10-7-2/h75-78,83H,6-74H2,1-5H3,(H,88,89)(H,90,91)/t76-,77+,78+/m0/s1. The van der Waals surface area contributed by atoms with Crippen molar-refractivity contribution in [1.82, 2.24) is 0 Å². The van der Waals surface area contributed by atoms with Gasteiger partial charge < -0.3 is 33.8 Å². The topological polar surface area (TPSA) is 237 Å². The maximum Gasteiger partial charge on any atom is 0.472 e. The lowest BCUT2D eigenvalue weighted by atomic mass is 10.0. The fraction of sp³-hybridized carbons (Fsp3) is 0.951. The van der Waals surface area contributed by atoms with Gasteiger partial charge in [0.15, 0.2) is 12.2 Å². The summed E-state index contributed by atoms with van der Waals surface area (Å²) in [4.78, 5) is 72.8. The van der Waals surface area contributed by atoms with Crippen LogP contribution >= 0.6 is 15.6 Å². The number of esters is 4. The van der Waals surface area contributed by atoms with E-state index in [2.05, 4.69) is 34.6 Å². The molecule has 0 aromatic carbocycles. The van der Waals surface area contributed by atoms with Gasteiger partial charge in [0, 0.05) is 25.7 Å². The molecule has 0 radical (unpaired) electrons. The van der Waals surface area contributed by atoms with Crippen molar-refractivity contribution in [3.8, 4) is 0 Å². The fourth-order valence-corrected chi connectivity index (χ4v) is 14.3. The normalized spacial score (nSPS) is 13.8. The summed E-state index contributed by atoms with van der Waals surface area (Å²) in [7, 11) is -9.91. The summed E-state index contributed by atoms with van der Waals surface area (Å²) in [6.07, 6.45) is 67.1. The van der Waals surface area contributed by atoms with Gasteiger partial charge in [-0.3, -0.25) is 37.3 Å². The molecule has 0 spiro atoms. The Hall–Kier alpha value is -1.94. The highest BCUT2D eigenvalue weighted by molar-refractivity contribution is 7.47. The third kappa shape index (κ3) is 76.1. The molecule has 0 amide bonds. The number of phosphoric acid groups is 2. The Morgan fingerprint density at radius 2 is 0.455 bits per heavy atom.